The lowest BCUT2D eigenvalue weighted by Crippen LogP contribution is -2.40. The topological polar surface area (TPSA) is 79.2 Å². The van der Waals surface area contributed by atoms with E-state index in [-0.39, 0.29) is 13.2 Å². The monoisotopic (exact) mass is 358 g/mol. The molecule has 1 saturated heterocycles. The largest absolute Gasteiger partial charge is 0.388 e. The van der Waals surface area contributed by atoms with Crippen molar-refractivity contribution in [3.63, 3.8) is 0 Å². The second-order valence-corrected chi connectivity index (χ2v) is 7.02. The first-order valence-corrected chi connectivity index (χ1v) is 10.0. The Balaban J connectivity index is 1.86. The summed E-state index contributed by atoms with van der Waals surface area (Å²) >= 11 is 0. The van der Waals surface area contributed by atoms with Gasteiger partial charge in [-0.05, 0) is 32.1 Å². The summed E-state index contributed by atoms with van der Waals surface area (Å²) in [4.78, 5) is 0. The maximum Gasteiger partial charge on any atom is 0.114 e. The molecule has 1 rings (SSSR count). The van der Waals surface area contributed by atoms with Crippen LogP contribution in [-0.4, -0.2) is 59.6 Å². The van der Waals surface area contributed by atoms with E-state index in [1.807, 2.05) is 0 Å². The first-order chi connectivity index (χ1) is 12.2. The highest BCUT2D eigenvalue weighted by atomic mass is 16.5. The van der Waals surface area contributed by atoms with Gasteiger partial charge in [0.05, 0.1) is 13.2 Å². The highest BCUT2D eigenvalue weighted by molar-refractivity contribution is 4.87. The summed E-state index contributed by atoms with van der Waals surface area (Å²) < 4.78 is 10.6. The van der Waals surface area contributed by atoms with Crippen molar-refractivity contribution >= 4 is 0 Å². The third-order valence-electron chi connectivity index (χ3n) is 4.66. The highest BCUT2D eigenvalue weighted by Crippen LogP contribution is 2.17. The van der Waals surface area contributed by atoms with Crippen molar-refractivity contribution in [3.05, 3.63) is 12.2 Å². The molecule has 5 nitrogen and oxygen atoms in total. The average Bonchev–Trinajstić information content (AvgIpc) is 2.94. The predicted molar refractivity (Wildman–Crippen MR) is 99.6 cm³/mol. The van der Waals surface area contributed by atoms with Gasteiger partial charge >= 0.3 is 0 Å². The average molecular weight is 359 g/mol. The van der Waals surface area contributed by atoms with E-state index in [0.29, 0.717) is 6.61 Å². The molecule has 0 aliphatic carbocycles. The third-order valence-corrected chi connectivity index (χ3v) is 4.66. The Bertz CT molecular complexity index is 334. The van der Waals surface area contributed by atoms with Gasteiger partial charge in [0.15, 0.2) is 0 Å². The molecule has 1 aliphatic heterocycles. The molecule has 1 aliphatic rings. The fourth-order valence-electron chi connectivity index (χ4n) is 3.01. The van der Waals surface area contributed by atoms with E-state index >= 15 is 0 Å². The van der Waals surface area contributed by atoms with Crippen LogP contribution in [0.1, 0.15) is 71.1 Å². The standard InChI is InChI=1S/C20H38O5/c1-2-3-4-5-6-7-8-9-10-11-12-13-14-24-15-18(22)20-19(23)17(21)16-25-20/h8-9,17-23H,2-7,10-16H2,1H3/b9-8+/t17-,18+,19-,20-/m0/s1. The number of hydrogen-bond donors (Lipinski definition) is 3. The zero-order valence-corrected chi connectivity index (χ0v) is 15.8. The van der Waals surface area contributed by atoms with Gasteiger partial charge in [0.2, 0.25) is 0 Å². The van der Waals surface area contributed by atoms with Crippen molar-refractivity contribution < 1.29 is 24.8 Å². The summed E-state index contributed by atoms with van der Waals surface area (Å²) in [7, 11) is 0. The SMILES string of the molecule is CCCCCCC/C=C/CCCCCOC[C@@H](O)[C@@H]1OC[C@H](O)[C@@H]1O. The summed E-state index contributed by atoms with van der Waals surface area (Å²) in [5.74, 6) is 0. The molecule has 1 fully saturated rings. The molecule has 4 atom stereocenters. The van der Waals surface area contributed by atoms with Gasteiger partial charge in [-0.25, -0.2) is 0 Å². The molecule has 0 saturated carbocycles. The first kappa shape index (κ1) is 22.6. The van der Waals surface area contributed by atoms with Crippen LogP contribution in [0.4, 0.5) is 0 Å². The molecule has 148 valence electrons. The molecule has 1 heterocycles. The molecule has 0 spiro atoms. The van der Waals surface area contributed by atoms with Crippen molar-refractivity contribution in [1.82, 2.24) is 0 Å². The molecule has 0 unspecified atom stereocenters. The number of ether oxygens (including phenoxy) is 2. The van der Waals surface area contributed by atoms with Gasteiger partial charge < -0.3 is 24.8 Å². The number of rotatable bonds is 15. The minimum absolute atomic E-state index is 0.0646. The van der Waals surface area contributed by atoms with Gasteiger partial charge in [-0.2, -0.15) is 0 Å². The minimum Gasteiger partial charge on any atom is -0.388 e. The normalized spacial score (nSPS) is 25.0. The van der Waals surface area contributed by atoms with E-state index in [4.69, 9.17) is 9.47 Å². The molecule has 25 heavy (non-hydrogen) atoms. The summed E-state index contributed by atoms with van der Waals surface area (Å²) in [6.07, 6.45) is 13.3. The van der Waals surface area contributed by atoms with Crippen LogP contribution in [0.2, 0.25) is 0 Å². The molecule has 3 N–H and O–H groups in total. The molecular weight excluding hydrogens is 320 g/mol. The molecule has 0 aromatic heterocycles. The van der Waals surface area contributed by atoms with E-state index in [1.54, 1.807) is 0 Å². The predicted octanol–water partition coefficient (Wildman–Crippen LogP) is 2.96. The zero-order chi connectivity index (χ0) is 18.3. The summed E-state index contributed by atoms with van der Waals surface area (Å²) in [5, 5.41) is 28.9. The lowest BCUT2D eigenvalue weighted by Gasteiger charge is -2.20. The van der Waals surface area contributed by atoms with Crippen LogP contribution in [0.3, 0.4) is 0 Å². The number of aliphatic hydroxyl groups excluding tert-OH is 3. The van der Waals surface area contributed by atoms with Gasteiger partial charge in [0, 0.05) is 6.61 Å². The maximum absolute atomic E-state index is 9.90. The van der Waals surface area contributed by atoms with Gasteiger partial charge in [0.1, 0.15) is 24.4 Å². The number of unbranched alkanes of at least 4 members (excludes halogenated alkanes) is 8. The fraction of sp³-hybridized carbons (Fsp3) is 0.900. The van der Waals surface area contributed by atoms with E-state index in [2.05, 4.69) is 19.1 Å². The highest BCUT2D eigenvalue weighted by Gasteiger charge is 2.39. The van der Waals surface area contributed by atoms with Crippen LogP contribution < -0.4 is 0 Å². The summed E-state index contributed by atoms with van der Waals surface area (Å²) in [6.45, 7) is 3.04. The van der Waals surface area contributed by atoms with E-state index in [9.17, 15) is 15.3 Å². The van der Waals surface area contributed by atoms with Crippen molar-refractivity contribution in [3.8, 4) is 0 Å². The van der Waals surface area contributed by atoms with Crippen molar-refractivity contribution in [2.24, 2.45) is 0 Å². The minimum atomic E-state index is -1.03. The Labute approximate surface area is 153 Å². The Kier molecular flexibility index (Phi) is 13.3. The zero-order valence-electron chi connectivity index (χ0n) is 15.8. The van der Waals surface area contributed by atoms with Gasteiger partial charge in [-0.1, -0.05) is 51.2 Å². The van der Waals surface area contributed by atoms with Crippen LogP contribution in [0.5, 0.6) is 0 Å². The third kappa shape index (κ3) is 10.3. The number of hydrogen-bond acceptors (Lipinski definition) is 5. The lowest BCUT2D eigenvalue weighted by atomic mass is 10.1. The molecule has 0 amide bonds. The molecular formula is C20H38O5. The summed E-state index contributed by atoms with van der Waals surface area (Å²) in [6, 6.07) is 0. The maximum atomic E-state index is 9.90. The van der Waals surface area contributed by atoms with E-state index in [1.165, 1.54) is 38.5 Å². The summed E-state index contributed by atoms with van der Waals surface area (Å²) in [5.41, 5.74) is 0. The van der Waals surface area contributed by atoms with Crippen LogP contribution in [-0.2, 0) is 9.47 Å². The quantitative estimate of drug-likeness (QED) is 0.310. The van der Waals surface area contributed by atoms with Crippen LogP contribution in [0, 0.1) is 0 Å². The molecule has 0 aromatic rings. The van der Waals surface area contributed by atoms with Gasteiger partial charge in [0.25, 0.3) is 0 Å². The first-order valence-electron chi connectivity index (χ1n) is 10.0. The number of aliphatic hydroxyl groups is 3. The Morgan fingerprint density at radius 3 is 2.24 bits per heavy atom. The van der Waals surface area contributed by atoms with Crippen LogP contribution >= 0.6 is 0 Å². The van der Waals surface area contributed by atoms with E-state index in [0.717, 1.165) is 25.7 Å². The van der Waals surface area contributed by atoms with Crippen molar-refractivity contribution in [1.29, 1.82) is 0 Å². The van der Waals surface area contributed by atoms with Crippen LogP contribution in [0.15, 0.2) is 12.2 Å². The lowest BCUT2D eigenvalue weighted by molar-refractivity contribution is -0.0813. The molecule has 0 aromatic carbocycles. The Morgan fingerprint density at radius 2 is 1.64 bits per heavy atom. The molecule has 0 radical (unpaired) electrons. The molecule has 0 bridgehead atoms. The smallest absolute Gasteiger partial charge is 0.114 e. The second-order valence-electron chi connectivity index (χ2n) is 7.02. The van der Waals surface area contributed by atoms with Crippen molar-refractivity contribution in [2.75, 3.05) is 19.8 Å². The Hall–Kier alpha value is -0.460. The second kappa shape index (κ2) is 14.7. The number of allylic oxidation sites excluding steroid dienone is 2. The molecule has 5 heteroatoms. The Morgan fingerprint density at radius 1 is 1.00 bits per heavy atom. The van der Waals surface area contributed by atoms with Crippen molar-refractivity contribution in [2.45, 2.75) is 95.5 Å². The van der Waals surface area contributed by atoms with E-state index < -0.39 is 24.4 Å². The van der Waals surface area contributed by atoms with Crippen LogP contribution in [0.25, 0.3) is 0 Å². The van der Waals surface area contributed by atoms with Gasteiger partial charge in [-0.3, -0.25) is 0 Å². The van der Waals surface area contributed by atoms with Gasteiger partial charge in [-0.15, -0.1) is 0 Å². The fourth-order valence-corrected chi connectivity index (χ4v) is 3.01.